The number of carbonyl (C=O) groups excluding carboxylic acids is 1. The van der Waals surface area contributed by atoms with Crippen molar-refractivity contribution in [3.63, 3.8) is 0 Å². The first-order valence-corrected chi connectivity index (χ1v) is 11.7. The first-order valence-electron chi connectivity index (χ1n) is 11.7. The molecule has 0 unspecified atom stereocenters. The molecule has 0 spiro atoms. The van der Waals surface area contributed by atoms with Gasteiger partial charge in [-0.2, -0.15) is 0 Å². The van der Waals surface area contributed by atoms with Crippen LogP contribution in [0.15, 0.2) is 78.9 Å². The molecule has 0 bridgehead atoms. The quantitative estimate of drug-likeness (QED) is 0.255. The van der Waals surface area contributed by atoms with E-state index < -0.39 is 0 Å². The number of aryl methyl sites for hydroxylation is 3. The number of amides is 1. The number of rotatable bonds is 10. The molecule has 1 heterocycles. The number of ether oxygens (including phenoxy) is 1. The Labute approximate surface area is 201 Å². The number of hydrogen-bond donors (Lipinski definition) is 1. The third kappa shape index (κ3) is 6.35. The number of aromatic nitrogens is 2. The fourth-order valence-corrected chi connectivity index (χ4v) is 4.09. The summed E-state index contributed by atoms with van der Waals surface area (Å²) >= 11 is 0. The van der Waals surface area contributed by atoms with E-state index in [1.807, 2.05) is 54.6 Å². The highest BCUT2D eigenvalue weighted by Gasteiger charge is 2.10. The molecule has 0 aliphatic carbocycles. The Morgan fingerprint density at radius 3 is 2.53 bits per heavy atom. The van der Waals surface area contributed by atoms with Crippen molar-refractivity contribution in [1.29, 1.82) is 0 Å². The predicted octanol–water partition coefficient (Wildman–Crippen LogP) is 5.49. The zero-order chi connectivity index (χ0) is 23.8. The summed E-state index contributed by atoms with van der Waals surface area (Å²) in [6, 6.07) is 24.2. The molecule has 0 saturated heterocycles. The monoisotopic (exact) mass is 453 g/mol. The van der Waals surface area contributed by atoms with Crippen molar-refractivity contribution in [2.24, 2.45) is 0 Å². The minimum Gasteiger partial charge on any atom is -0.494 e. The number of carbonyl (C=O) groups is 1. The smallest absolute Gasteiger partial charge is 0.244 e. The van der Waals surface area contributed by atoms with E-state index in [2.05, 4.69) is 48.0 Å². The summed E-state index contributed by atoms with van der Waals surface area (Å²) in [7, 11) is 0. The third-order valence-corrected chi connectivity index (χ3v) is 5.60. The van der Waals surface area contributed by atoms with Gasteiger partial charge in [-0.15, -0.1) is 0 Å². The van der Waals surface area contributed by atoms with Crippen LogP contribution in [0.4, 0.5) is 0 Å². The van der Waals surface area contributed by atoms with Crippen molar-refractivity contribution < 1.29 is 9.53 Å². The lowest BCUT2D eigenvalue weighted by atomic mass is 10.1. The number of nitrogens with one attached hydrogen (secondary N) is 1. The van der Waals surface area contributed by atoms with Gasteiger partial charge in [0.1, 0.15) is 11.6 Å². The van der Waals surface area contributed by atoms with E-state index in [-0.39, 0.29) is 5.91 Å². The van der Waals surface area contributed by atoms with Crippen LogP contribution < -0.4 is 10.1 Å². The minimum atomic E-state index is -0.103. The Morgan fingerprint density at radius 1 is 1.00 bits per heavy atom. The van der Waals surface area contributed by atoms with Crippen molar-refractivity contribution in [1.82, 2.24) is 14.9 Å². The van der Waals surface area contributed by atoms with Crippen molar-refractivity contribution in [3.05, 3.63) is 101 Å². The van der Waals surface area contributed by atoms with E-state index in [4.69, 9.17) is 9.72 Å². The van der Waals surface area contributed by atoms with Gasteiger partial charge in [-0.1, -0.05) is 48.5 Å². The Kier molecular flexibility index (Phi) is 7.76. The first-order chi connectivity index (χ1) is 16.6. The minimum absolute atomic E-state index is 0.103. The van der Waals surface area contributed by atoms with E-state index in [9.17, 15) is 4.79 Å². The standard InChI is InChI=1S/C29H31N3O2/c1-22-19-23(2)21-25(20-22)34-18-8-17-32-27-12-7-6-11-26(27)31-28(32)15-16-30-29(33)14-13-24-9-4-3-5-10-24/h3-7,9-14,19-21H,8,15-18H2,1-2H3,(H,30,33)/b14-13+. The molecule has 5 nitrogen and oxygen atoms in total. The van der Waals surface area contributed by atoms with Gasteiger partial charge in [0.2, 0.25) is 5.91 Å². The molecule has 1 amide bonds. The Morgan fingerprint density at radius 2 is 1.74 bits per heavy atom. The van der Waals surface area contributed by atoms with Crippen LogP contribution in [-0.2, 0) is 17.8 Å². The largest absolute Gasteiger partial charge is 0.494 e. The van der Waals surface area contributed by atoms with E-state index >= 15 is 0 Å². The number of hydrogen-bond acceptors (Lipinski definition) is 3. The molecule has 4 rings (SSSR count). The van der Waals surface area contributed by atoms with Crippen LogP contribution in [0.25, 0.3) is 17.1 Å². The molecule has 174 valence electrons. The molecule has 3 aromatic carbocycles. The van der Waals surface area contributed by atoms with Crippen LogP contribution in [0.3, 0.4) is 0 Å². The van der Waals surface area contributed by atoms with E-state index in [0.29, 0.717) is 19.6 Å². The lowest BCUT2D eigenvalue weighted by Crippen LogP contribution is -2.24. The number of imidazole rings is 1. The van der Waals surface area contributed by atoms with Gasteiger partial charge in [0, 0.05) is 25.6 Å². The van der Waals surface area contributed by atoms with Crippen LogP contribution in [0, 0.1) is 13.8 Å². The van der Waals surface area contributed by atoms with Crippen LogP contribution in [0.1, 0.15) is 28.9 Å². The number of para-hydroxylation sites is 2. The fourth-order valence-electron chi connectivity index (χ4n) is 4.09. The zero-order valence-corrected chi connectivity index (χ0v) is 19.8. The maximum atomic E-state index is 12.2. The summed E-state index contributed by atoms with van der Waals surface area (Å²) in [6.45, 7) is 6.14. The average Bonchev–Trinajstić information content (AvgIpc) is 3.18. The molecular weight excluding hydrogens is 422 g/mol. The lowest BCUT2D eigenvalue weighted by molar-refractivity contribution is -0.116. The molecule has 1 N–H and O–H groups in total. The number of benzene rings is 3. The van der Waals surface area contributed by atoms with Gasteiger partial charge in [0.25, 0.3) is 0 Å². The number of nitrogens with zero attached hydrogens (tertiary/aromatic N) is 2. The first kappa shape index (κ1) is 23.3. The van der Waals surface area contributed by atoms with Gasteiger partial charge in [-0.05, 0) is 67.3 Å². The Balaban J connectivity index is 1.34. The summed E-state index contributed by atoms with van der Waals surface area (Å²) in [5, 5.41) is 2.97. The second-order valence-electron chi connectivity index (χ2n) is 8.48. The Hall–Kier alpha value is -3.86. The molecule has 1 aromatic heterocycles. The van der Waals surface area contributed by atoms with Crippen molar-refractivity contribution >= 4 is 23.0 Å². The summed E-state index contributed by atoms with van der Waals surface area (Å²) in [5.74, 6) is 1.78. The molecule has 5 heteroatoms. The highest BCUT2D eigenvalue weighted by Crippen LogP contribution is 2.19. The normalized spacial score (nSPS) is 11.2. The second kappa shape index (κ2) is 11.3. The molecule has 0 saturated carbocycles. The van der Waals surface area contributed by atoms with Gasteiger partial charge in [-0.3, -0.25) is 4.79 Å². The zero-order valence-electron chi connectivity index (χ0n) is 19.8. The van der Waals surface area contributed by atoms with Crippen molar-refractivity contribution in [3.8, 4) is 5.75 Å². The van der Waals surface area contributed by atoms with Gasteiger partial charge >= 0.3 is 0 Å². The van der Waals surface area contributed by atoms with Crippen molar-refractivity contribution in [2.75, 3.05) is 13.2 Å². The topological polar surface area (TPSA) is 56.1 Å². The maximum absolute atomic E-state index is 12.2. The maximum Gasteiger partial charge on any atom is 0.244 e. The van der Waals surface area contributed by atoms with E-state index in [1.165, 1.54) is 11.1 Å². The van der Waals surface area contributed by atoms with E-state index in [0.717, 1.165) is 41.1 Å². The Bertz CT molecular complexity index is 1260. The van der Waals surface area contributed by atoms with Crippen molar-refractivity contribution in [2.45, 2.75) is 33.2 Å². The molecular formula is C29H31N3O2. The van der Waals surface area contributed by atoms with Crippen LogP contribution in [0.5, 0.6) is 5.75 Å². The molecule has 0 radical (unpaired) electrons. The highest BCUT2D eigenvalue weighted by molar-refractivity contribution is 5.91. The lowest BCUT2D eigenvalue weighted by Gasteiger charge is -2.11. The molecule has 0 fully saturated rings. The highest BCUT2D eigenvalue weighted by atomic mass is 16.5. The summed E-state index contributed by atoms with van der Waals surface area (Å²) in [4.78, 5) is 17.0. The molecule has 0 atom stereocenters. The van der Waals surface area contributed by atoms with Crippen LogP contribution >= 0.6 is 0 Å². The molecule has 4 aromatic rings. The third-order valence-electron chi connectivity index (χ3n) is 5.60. The SMILES string of the molecule is Cc1cc(C)cc(OCCCn2c(CCNC(=O)/C=C/c3ccccc3)nc3ccccc32)c1. The van der Waals surface area contributed by atoms with Gasteiger partial charge in [0.15, 0.2) is 0 Å². The van der Waals surface area contributed by atoms with Crippen LogP contribution in [-0.4, -0.2) is 28.6 Å². The van der Waals surface area contributed by atoms with Gasteiger partial charge in [-0.25, -0.2) is 4.98 Å². The van der Waals surface area contributed by atoms with Gasteiger partial charge in [0.05, 0.1) is 17.6 Å². The average molecular weight is 454 g/mol. The number of fused-ring (bicyclic) bond motifs is 1. The second-order valence-corrected chi connectivity index (χ2v) is 8.48. The summed E-state index contributed by atoms with van der Waals surface area (Å²) in [6.07, 6.45) is 4.92. The summed E-state index contributed by atoms with van der Waals surface area (Å²) in [5.41, 5.74) is 5.50. The predicted molar refractivity (Wildman–Crippen MR) is 138 cm³/mol. The molecule has 0 aliphatic heterocycles. The summed E-state index contributed by atoms with van der Waals surface area (Å²) < 4.78 is 8.24. The van der Waals surface area contributed by atoms with Crippen LogP contribution in [0.2, 0.25) is 0 Å². The van der Waals surface area contributed by atoms with Gasteiger partial charge < -0.3 is 14.6 Å². The molecule has 34 heavy (non-hydrogen) atoms. The van der Waals surface area contributed by atoms with E-state index in [1.54, 1.807) is 6.08 Å². The fraction of sp³-hybridized carbons (Fsp3) is 0.241. The molecule has 0 aliphatic rings.